The Kier molecular flexibility index (Phi) is 6.46. The third kappa shape index (κ3) is 4.02. The summed E-state index contributed by atoms with van der Waals surface area (Å²) in [4.78, 5) is 3.62. The first kappa shape index (κ1) is 22.7. The molecule has 4 aromatic carbocycles. The summed E-state index contributed by atoms with van der Waals surface area (Å²) in [6.45, 7) is 2.20. The summed E-state index contributed by atoms with van der Waals surface area (Å²) in [5.41, 5.74) is 4.06. The summed E-state index contributed by atoms with van der Waals surface area (Å²) < 4.78 is 15.4. The van der Waals surface area contributed by atoms with Gasteiger partial charge in [-0.05, 0) is 35.7 Å². The average molecular weight is 484 g/mol. The lowest BCUT2D eigenvalue weighted by Crippen LogP contribution is -2.29. The third-order valence-corrected chi connectivity index (χ3v) is 9.73. The minimum Gasteiger partial charge on any atom is -0.351 e. The molecule has 0 aliphatic heterocycles. The molecule has 2 nitrogen and oxygen atoms in total. The number of hydrogen-bond acceptors (Lipinski definition) is 1. The molecule has 1 heterocycles. The number of hydrogen-bond donors (Lipinski definition) is 1. The molecular weight excluding hydrogens is 457 g/mol. The van der Waals surface area contributed by atoms with Crippen molar-refractivity contribution in [3.8, 4) is 0 Å². The van der Waals surface area contributed by atoms with Gasteiger partial charge in [0.2, 0.25) is 0 Å². The molecule has 4 heteroatoms. The fourth-order valence-electron chi connectivity index (χ4n) is 4.91. The van der Waals surface area contributed by atoms with Crippen LogP contribution in [0.2, 0.25) is 5.02 Å². The van der Waals surface area contributed by atoms with E-state index in [0.29, 0.717) is 5.02 Å². The predicted molar refractivity (Wildman–Crippen MR) is 146 cm³/mol. The summed E-state index contributed by atoms with van der Waals surface area (Å²) in [7, 11) is -3.20. The molecule has 1 aromatic heterocycles. The second-order valence-corrected chi connectivity index (χ2v) is 11.7. The van der Waals surface area contributed by atoms with Crippen LogP contribution in [0, 0.1) is 0 Å². The zero-order valence-corrected chi connectivity index (χ0v) is 20.8. The Bertz CT molecular complexity index is 1400. The molecule has 0 amide bonds. The second kappa shape index (κ2) is 9.66. The largest absolute Gasteiger partial charge is 0.351 e. The molecule has 0 radical (unpaired) electrons. The maximum Gasteiger partial charge on any atom is 0.186 e. The smallest absolute Gasteiger partial charge is 0.186 e. The minimum atomic E-state index is -3.20. The molecule has 0 aliphatic rings. The van der Waals surface area contributed by atoms with Gasteiger partial charge in [-0.1, -0.05) is 116 Å². The molecule has 0 aliphatic carbocycles. The molecule has 34 heavy (non-hydrogen) atoms. The average Bonchev–Trinajstić information content (AvgIpc) is 3.27. The number of aromatic amines is 1. The first-order chi connectivity index (χ1) is 16.6. The highest BCUT2D eigenvalue weighted by Gasteiger charge is 2.36. The molecule has 0 saturated heterocycles. The molecule has 0 saturated carbocycles. The van der Waals surface area contributed by atoms with Gasteiger partial charge in [0.05, 0.1) is 5.44 Å². The van der Waals surface area contributed by atoms with Gasteiger partial charge in [-0.3, -0.25) is 0 Å². The zero-order chi connectivity index (χ0) is 23.5. The van der Waals surface area contributed by atoms with E-state index in [-0.39, 0.29) is 5.92 Å². The highest BCUT2D eigenvalue weighted by Crippen LogP contribution is 2.47. The summed E-state index contributed by atoms with van der Waals surface area (Å²) in [6.07, 6.45) is 1.95. The predicted octanol–water partition coefficient (Wildman–Crippen LogP) is 7.39. The lowest BCUT2D eigenvalue weighted by Gasteiger charge is -2.24. The Hall–Kier alpha value is -3.06. The van der Waals surface area contributed by atoms with E-state index in [1.165, 1.54) is 5.56 Å². The number of nitrogens with one attached hydrogen (secondary N) is 1. The number of aromatic nitrogens is 1. The molecule has 0 unspecified atom stereocenters. The molecule has 170 valence electrons. The van der Waals surface area contributed by atoms with E-state index in [1.54, 1.807) is 0 Å². The zero-order valence-electron chi connectivity index (χ0n) is 19.1. The van der Waals surface area contributed by atoms with Crippen molar-refractivity contribution < 1.29 is 4.57 Å². The Labute approximate surface area is 206 Å². The van der Waals surface area contributed by atoms with Gasteiger partial charge in [-0.2, -0.15) is 0 Å². The normalized spacial score (nSPS) is 12.6. The van der Waals surface area contributed by atoms with E-state index in [1.807, 2.05) is 84.9 Å². The summed E-state index contributed by atoms with van der Waals surface area (Å²) in [5.74, 6) is 0.0918. The SMILES string of the molecule is CCC[C@H](c1ccccc1)c1c(P(=O)(c2ccccc2)c2ccccc2)[nH]c2ccc(Cl)cc12. The van der Waals surface area contributed by atoms with Crippen LogP contribution < -0.4 is 16.0 Å². The van der Waals surface area contributed by atoms with Crippen LogP contribution in [-0.2, 0) is 4.57 Å². The summed E-state index contributed by atoms with van der Waals surface area (Å²) in [5, 5.41) is 3.36. The quantitative estimate of drug-likeness (QED) is 0.240. The van der Waals surface area contributed by atoms with Crippen LogP contribution in [-0.4, -0.2) is 4.98 Å². The second-order valence-electron chi connectivity index (χ2n) is 8.61. The number of benzene rings is 4. The first-order valence-corrected chi connectivity index (χ1v) is 13.8. The van der Waals surface area contributed by atoms with Crippen LogP contribution in [0.15, 0.2) is 109 Å². The number of H-pyrrole nitrogens is 1. The third-order valence-electron chi connectivity index (χ3n) is 6.46. The van der Waals surface area contributed by atoms with E-state index in [0.717, 1.165) is 45.4 Å². The van der Waals surface area contributed by atoms with Gasteiger partial charge < -0.3 is 9.55 Å². The Morgan fingerprint density at radius 2 is 1.35 bits per heavy atom. The van der Waals surface area contributed by atoms with Crippen molar-refractivity contribution in [2.24, 2.45) is 0 Å². The Morgan fingerprint density at radius 1 is 0.794 bits per heavy atom. The number of halogens is 1. The van der Waals surface area contributed by atoms with Crippen LogP contribution in [0.1, 0.15) is 36.8 Å². The van der Waals surface area contributed by atoms with Gasteiger partial charge in [-0.25, -0.2) is 0 Å². The van der Waals surface area contributed by atoms with Crippen molar-refractivity contribution in [2.75, 3.05) is 0 Å². The first-order valence-electron chi connectivity index (χ1n) is 11.7. The van der Waals surface area contributed by atoms with Crippen molar-refractivity contribution in [1.29, 1.82) is 0 Å². The van der Waals surface area contributed by atoms with Gasteiger partial charge in [0, 0.05) is 32.5 Å². The van der Waals surface area contributed by atoms with Crippen LogP contribution in [0.5, 0.6) is 0 Å². The monoisotopic (exact) mass is 483 g/mol. The van der Waals surface area contributed by atoms with E-state index < -0.39 is 7.14 Å². The fraction of sp³-hybridized carbons (Fsp3) is 0.133. The van der Waals surface area contributed by atoms with Gasteiger partial charge in [-0.15, -0.1) is 0 Å². The Morgan fingerprint density at radius 3 is 1.91 bits per heavy atom. The van der Waals surface area contributed by atoms with Crippen molar-refractivity contribution in [3.05, 3.63) is 125 Å². The topological polar surface area (TPSA) is 32.9 Å². The van der Waals surface area contributed by atoms with E-state index in [9.17, 15) is 0 Å². The maximum absolute atomic E-state index is 15.4. The molecule has 1 N–H and O–H groups in total. The highest BCUT2D eigenvalue weighted by molar-refractivity contribution is 7.85. The standard InChI is InChI=1S/C30H27ClNOP/c1-2-12-26(22-13-6-3-7-14-22)29-27-21-23(31)19-20-28(27)32-30(29)34(33,24-15-8-4-9-16-24)25-17-10-5-11-18-25/h3-11,13-21,26,32H,2,12H2,1H3/t26-/m1/s1. The lowest BCUT2D eigenvalue weighted by molar-refractivity contribution is 0.591. The summed E-state index contributed by atoms with van der Waals surface area (Å²) in [6, 6.07) is 36.1. The molecule has 5 aromatic rings. The van der Waals surface area contributed by atoms with E-state index in [2.05, 4.69) is 36.2 Å². The Balaban J connectivity index is 1.88. The van der Waals surface area contributed by atoms with Crippen LogP contribution in [0.4, 0.5) is 0 Å². The molecule has 0 bridgehead atoms. The van der Waals surface area contributed by atoms with Gasteiger partial charge >= 0.3 is 0 Å². The minimum absolute atomic E-state index is 0.0918. The molecule has 1 atom stereocenters. The van der Waals surface area contributed by atoms with Crippen molar-refractivity contribution in [3.63, 3.8) is 0 Å². The molecular formula is C30H27ClNOP. The highest BCUT2D eigenvalue weighted by atomic mass is 35.5. The lowest BCUT2D eigenvalue weighted by atomic mass is 9.87. The van der Waals surface area contributed by atoms with Gasteiger partial charge in [0.25, 0.3) is 0 Å². The van der Waals surface area contributed by atoms with E-state index in [4.69, 9.17) is 11.6 Å². The van der Waals surface area contributed by atoms with E-state index >= 15 is 4.57 Å². The van der Waals surface area contributed by atoms with Gasteiger partial charge in [0.15, 0.2) is 7.14 Å². The van der Waals surface area contributed by atoms with Crippen LogP contribution >= 0.6 is 18.7 Å². The van der Waals surface area contributed by atoms with Crippen LogP contribution in [0.3, 0.4) is 0 Å². The van der Waals surface area contributed by atoms with Crippen molar-refractivity contribution >= 4 is 45.7 Å². The molecule has 0 spiro atoms. The molecule has 0 fully saturated rings. The van der Waals surface area contributed by atoms with Gasteiger partial charge in [0.1, 0.15) is 0 Å². The van der Waals surface area contributed by atoms with Crippen LogP contribution in [0.25, 0.3) is 10.9 Å². The molecule has 5 rings (SSSR count). The number of fused-ring (bicyclic) bond motifs is 1. The van der Waals surface area contributed by atoms with Crippen molar-refractivity contribution in [1.82, 2.24) is 4.98 Å². The number of rotatable bonds is 7. The maximum atomic E-state index is 15.4. The fourth-order valence-corrected chi connectivity index (χ4v) is 7.97. The summed E-state index contributed by atoms with van der Waals surface area (Å²) >= 11 is 6.49. The van der Waals surface area contributed by atoms with Crippen molar-refractivity contribution in [2.45, 2.75) is 25.7 Å².